The van der Waals surface area contributed by atoms with Crippen molar-refractivity contribution in [1.82, 2.24) is 15.0 Å². The topological polar surface area (TPSA) is 126 Å². The summed E-state index contributed by atoms with van der Waals surface area (Å²) in [5.41, 5.74) is 5.62. The lowest BCUT2D eigenvalue weighted by Gasteiger charge is -2.04. The molecular weight excluding hydrogens is 290 g/mol. The van der Waals surface area contributed by atoms with Crippen molar-refractivity contribution in [3.05, 3.63) is 4.88 Å². The molecule has 0 fully saturated rings. The zero-order chi connectivity index (χ0) is 14.5. The van der Waals surface area contributed by atoms with E-state index < -0.39 is 15.9 Å². The Bertz CT molecular complexity index is 540. The standard InChI is InChI=1S/C9H17N5O3S2/c1-3-12-9-14-7(10)6(18-9)8(15)13-4-5-19(16,17)11-2/h11H,3-5,10H2,1-2H3,(H,12,14)(H,13,15). The third-order valence-electron chi connectivity index (χ3n) is 2.15. The number of hydrogen-bond acceptors (Lipinski definition) is 7. The lowest BCUT2D eigenvalue weighted by atomic mass is 10.4. The summed E-state index contributed by atoms with van der Waals surface area (Å²) < 4.78 is 24.5. The van der Waals surface area contributed by atoms with Gasteiger partial charge in [0.05, 0.1) is 5.75 Å². The summed E-state index contributed by atoms with van der Waals surface area (Å²) in [6.07, 6.45) is 0. The van der Waals surface area contributed by atoms with Crippen molar-refractivity contribution in [2.75, 3.05) is 36.9 Å². The lowest BCUT2D eigenvalue weighted by molar-refractivity contribution is 0.0961. The number of aromatic nitrogens is 1. The van der Waals surface area contributed by atoms with Crippen molar-refractivity contribution in [2.24, 2.45) is 0 Å². The molecule has 0 aliphatic rings. The van der Waals surface area contributed by atoms with Gasteiger partial charge in [-0.25, -0.2) is 18.1 Å². The fourth-order valence-corrected chi connectivity index (χ4v) is 2.65. The molecule has 8 nitrogen and oxygen atoms in total. The Morgan fingerprint density at radius 1 is 1.47 bits per heavy atom. The van der Waals surface area contributed by atoms with E-state index in [4.69, 9.17) is 5.73 Å². The molecular formula is C9H17N5O3S2. The normalized spacial score (nSPS) is 11.3. The van der Waals surface area contributed by atoms with Crippen LogP contribution in [0, 0.1) is 0 Å². The van der Waals surface area contributed by atoms with Crippen LogP contribution in [0.15, 0.2) is 0 Å². The Morgan fingerprint density at radius 3 is 2.74 bits per heavy atom. The molecule has 0 spiro atoms. The number of sulfonamides is 1. The van der Waals surface area contributed by atoms with Gasteiger partial charge < -0.3 is 16.4 Å². The van der Waals surface area contributed by atoms with Crippen LogP contribution in [0.5, 0.6) is 0 Å². The molecule has 1 amide bonds. The summed E-state index contributed by atoms with van der Waals surface area (Å²) in [5.74, 6) is -0.478. The highest BCUT2D eigenvalue weighted by molar-refractivity contribution is 7.89. The van der Waals surface area contributed by atoms with Crippen molar-refractivity contribution in [3.8, 4) is 0 Å². The molecule has 0 saturated carbocycles. The summed E-state index contributed by atoms with van der Waals surface area (Å²) in [7, 11) is -2.01. The van der Waals surface area contributed by atoms with E-state index >= 15 is 0 Å². The number of nitrogens with one attached hydrogen (secondary N) is 3. The molecule has 1 rings (SSSR count). The highest BCUT2D eigenvalue weighted by atomic mass is 32.2. The monoisotopic (exact) mass is 307 g/mol. The van der Waals surface area contributed by atoms with Gasteiger partial charge >= 0.3 is 0 Å². The maximum absolute atomic E-state index is 11.8. The van der Waals surface area contributed by atoms with Crippen molar-refractivity contribution < 1.29 is 13.2 Å². The van der Waals surface area contributed by atoms with E-state index in [0.717, 1.165) is 11.3 Å². The van der Waals surface area contributed by atoms with E-state index in [1.54, 1.807) is 0 Å². The second kappa shape index (κ2) is 6.68. The molecule has 0 radical (unpaired) electrons. The van der Waals surface area contributed by atoms with Crippen molar-refractivity contribution >= 4 is 38.2 Å². The van der Waals surface area contributed by atoms with Gasteiger partial charge in [0, 0.05) is 13.1 Å². The number of thiazole rings is 1. The van der Waals surface area contributed by atoms with E-state index in [9.17, 15) is 13.2 Å². The van der Waals surface area contributed by atoms with Crippen LogP contribution in [0.2, 0.25) is 0 Å². The van der Waals surface area contributed by atoms with Crippen molar-refractivity contribution in [1.29, 1.82) is 0 Å². The minimum Gasteiger partial charge on any atom is -0.382 e. The fraction of sp³-hybridized carbons (Fsp3) is 0.556. The average Bonchev–Trinajstić information content (AvgIpc) is 2.70. The Hall–Kier alpha value is -1.39. The van der Waals surface area contributed by atoms with Crippen LogP contribution in [0.1, 0.15) is 16.6 Å². The number of anilines is 2. The van der Waals surface area contributed by atoms with Crippen LogP contribution in [-0.4, -0.2) is 45.2 Å². The number of nitrogen functional groups attached to an aromatic ring is 1. The molecule has 1 heterocycles. The van der Waals surface area contributed by atoms with Crippen molar-refractivity contribution in [2.45, 2.75) is 6.92 Å². The summed E-state index contributed by atoms with van der Waals surface area (Å²) in [5, 5.41) is 6.01. The first-order valence-corrected chi connectivity index (χ1v) is 8.06. The second-order valence-electron chi connectivity index (χ2n) is 3.54. The fourth-order valence-electron chi connectivity index (χ4n) is 1.20. The van der Waals surface area contributed by atoms with Crippen LogP contribution in [-0.2, 0) is 10.0 Å². The quantitative estimate of drug-likeness (QED) is 0.535. The average molecular weight is 307 g/mol. The van der Waals surface area contributed by atoms with Gasteiger partial charge in [-0.15, -0.1) is 0 Å². The van der Waals surface area contributed by atoms with E-state index in [2.05, 4.69) is 20.3 Å². The lowest BCUT2D eigenvalue weighted by Crippen LogP contribution is -2.32. The Labute approximate surface area is 115 Å². The number of nitrogens with zero attached hydrogens (tertiary/aromatic N) is 1. The second-order valence-corrected chi connectivity index (χ2v) is 6.59. The van der Waals surface area contributed by atoms with E-state index in [1.165, 1.54) is 7.05 Å². The van der Waals surface area contributed by atoms with Gasteiger partial charge in [0.25, 0.3) is 5.91 Å². The van der Waals surface area contributed by atoms with Crippen LogP contribution in [0.4, 0.5) is 10.9 Å². The minimum atomic E-state index is -3.33. The van der Waals surface area contributed by atoms with Gasteiger partial charge in [-0.2, -0.15) is 0 Å². The van der Waals surface area contributed by atoms with E-state index in [1.807, 2.05) is 6.92 Å². The Kier molecular flexibility index (Phi) is 5.51. The predicted octanol–water partition coefficient (Wildman–Crippen LogP) is -0.564. The summed E-state index contributed by atoms with van der Waals surface area (Å²) in [6.45, 7) is 2.59. The predicted molar refractivity (Wildman–Crippen MR) is 75.9 cm³/mol. The first kappa shape index (κ1) is 15.7. The molecule has 1 aromatic rings. The van der Waals surface area contributed by atoms with Gasteiger partial charge in [0.15, 0.2) is 5.13 Å². The zero-order valence-electron chi connectivity index (χ0n) is 10.7. The molecule has 19 heavy (non-hydrogen) atoms. The van der Waals surface area contributed by atoms with Crippen molar-refractivity contribution in [3.63, 3.8) is 0 Å². The first-order valence-electron chi connectivity index (χ1n) is 5.59. The molecule has 10 heteroatoms. The molecule has 0 aliphatic carbocycles. The molecule has 0 aromatic carbocycles. The van der Waals surface area contributed by atoms with Crippen LogP contribution in [0.3, 0.4) is 0 Å². The largest absolute Gasteiger partial charge is 0.382 e. The molecule has 0 unspecified atom stereocenters. The number of nitrogens with two attached hydrogens (primary N) is 1. The summed E-state index contributed by atoms with van der Waals surface area (Å²) in [4.78, 5) is 16.1. The smallest absolute Gasteiger partial charge is 0.265 e. The van der Waals surface area contributed by atoms with E-state index in [0.29, 0.717) is 11.7 Å². The Morgan fingerprint density at radius 2 is 2.16 bits per heavy atom. The first-order chi connectivity index (χ1) is 8.89. The van der Waals surface area contributed by atoms with Gasteiger partial charge in [0.2, 0.25) is 10.0 Å². The molecule has 0 saturated heterocycles. The highest BCUT2D eigenvalue weighted by Crippen LogP contribution is 2.24. The Balaban J connectivity index is 2.59. The molecule has 0 bridgehead atoms. The van der Waals surface area contributed by atoms with Crippen LogP contribution >= 0.6 is 11.3 Å². The van der Waals surface area contributed by atoms with E-state index in [-0.39, 0.29) is 23.0 Å². The number of hydrogen-bond donors (Lipinski definition) is 4. The number of rotatable bonds is 7. The van der Waals surface area contributed by atoms with Crippen LogP contribution < -0.4 is 21.1 Å². The SMILES string of the molecule is CCNc1nc(N)c(C(=O)NCCS(=O)(=O)NC)s1. The minimum absolute atomic E-state index is 0.00981. The van der Waals surface area contributed by atoms with Gasteiger partial charge in [-0.05, 0) is 14.0 Å². The third kappa shape index (κ3) is 4.65. The summed E-state index contributed by atoms with van der Waals surface area (Å²) >= 11 is 1.13. The third-order valence-corrected chi connectivity index (χ3v) is 4.55. The summed E-state index contributed by atoms with van der Waals surface area (Å²) in [6, 6.07) is 0. The van der Waals surface area contributed by atoms with Crippen LogP contribution in [0.25, 0.3) is 0 Å². The zero-order valence-corrected chi connectivity index (χ0v) is 12.3. The number of carbonyl (C=O) groups excluding carboxylic acids is 1. The van der Waals surface area contributed by atoms with Gasteiger partial charge in [-0.1, -0.05) is 11.3 Å². The molecule has 0 aliphatic heterocycles. The highest BCUT2D eigenvalue weighted by Gasteiger charge is 2.16. The maximum Gasteiger partial charge on any atom is 0.265 e. The number of amides is 1. The number of carbonyl (C=O) groups is 1. The molecule has 108 valence electrons. The molecule has 0 atom stereocenters. The molecule has 1 aromatic heterocycles. The maximum atomic E-state index is 11.8. The van der Waals surface area contributed by atoms with Gasteiger partial charge in [0.1, 0.15) is 10.7 Å². The van der Waals surface area contributed by atoms with Gasteiger partial charge in [-0.3, -0.25) is 4.79 Å². The molecule has 5 N–H and O–H groups in total.